The number of aryl methyl sites for hydroxylation is 1. The van der Waals surface area contributed by atoms with Crippen molar-refractivity contribution in [1.82, 2.24) is 9.97 Å². The number of hydrogen-bond acceptors (Lipinski definition) is 4. The topological polar surface area (TPSA) is 35.0 Å². The number of ether oxygens (including phenoxy) is 1. The van der Waals surface area contributed by atoms with E-state index in [1.165, 1.54) is 99.6 Å². The predicted octanol–water partition coefficient (Wildman–Crippen LogP) is 10.3. The summed E-state index contributed by atoms with van der Waals surface area (Å²) in [6.07, 6.45) is 23.7. The molecule has 0 atom stereocenters. The first kappa shape index (κ1) is 28.4. The maximum absolute atomic E-state index is 5.90. The van der Waals surface area contributed by atoms with Crippen LogP contribution in [0, 0.1) is 0 Å². The van der Waals surface area contributed by atoms with Gasteiger partial charge < -0.3 is 4.74 Å². The van der Waals surface area contributed by atoms with Crippen molar-refractivity contribution in [3.63, 3.8) is 0 Å². The number of nitrogens with zero attached hydrogens (tertiary/aromatic N) is 2. The highest BCUT2D eigenvalue weighted by atomic mass is 32.1. The Morgan fingerprint density at radius 1 is 0.611 bits per heavy atom. The molecule has 196 valence electrons. The molecule has 0 aliphatic rings. The molecule has 0 saturated carbocycles. The van der Waals surface area contributed by atoms with Crippen molar-refractivity contribution in [1.29, 1.82) is 0 Å². The molecule has 0 fully saturated rings. The Labute approximate surface area is 223 Å². The zero-order valence-electron chi connectivity index (χ0n) is 22.6. The van der Waals surface area contributed by atoms with E-state index >= 15 is 0 Å². The van der Waals surface area contributed by atoms with E-state index in [-0.39, 0.29) is 0 Å². The zero-order valence-corrected chi connectivity index (χ0v) is 23.5. The van der Waals surface area contributed by atoms with Crippen LogP contribution in [0.1, 0.15) is 109 Å². The molecule has 0 spiro atoms. The van der Waals surface area contributed by atoms with Crippen molar-refractivity contribution in [2.24, 2.45) is 0 Å². The van der Waals surface area contributed by atoms with Gasteiger partial charge in [-0.25, -0.2) is 9.97 Å². The first-order valence-corrected chi connectivity index (χ1v) is 15.3. The van der Waals surface area contributed by atoms with Crippen molar-refractivity contribution < 1.29 is 4.74 Å². The van der Waals surface area contributed by atoms with Crippen LogP contribution in [0.3, 0.4) is 0 Å². The molecule has 0 amide bonds. The first-order chi connectivity index (χ1) is 17.8. The van der Waals surface area contributed by atoms with Gasteiger partial charge in [0.15, 0.2) is 5.82 Å². The van der Waals surface area contributed by atoms with E-state index < -0.39 is 0 Å². The Bertz CT molecular complexity index is 949. The molecular formula is C32H46N2OS. The highest BCUT2D eigenvalue weighted by molar-refractivity contribution is 7.15. The molecule has 0 bridgehead atoms. The second kappa shape index (κ2) is 17.3. The van der Waals surface area contributed by atoms with E-state index in [1.54, 1.807) is 0 Å². The molecule has 3 aromatic rings. The second-order valence-corrected chi connectivity index (χ2v) is 11.1. The van der Waals surface area contributed by atoms with Gasteiger partial charge in [-0.2, -0.15) is 0 Å². The lowest BCUT2D eigenvalue weighted by Crippen LogP contribution is -1.97. The quantitative estimate of drug-likeness (QED) is 0.152. The minimum Gasteiger partial charge on any atom is -0.494 e. The highest BCUT2D eigenvalue weighted by Crippen LogP contribution is 2.29. The molecule has 0 saturated heterocycles. The van der Waals surface area contributed by atoms with Gasteiger partial charge in [-0.05, 0) is 55.7 Å². The molecule has 0 aliphatic heterocycles. The summed E-state index contributed by atoms with van der Waals surface area (Å²) < 4.78 is 5.90. The van der Waals surface area contributed by atoms with Crippen LogP contribution in [0.4, 0.5) is 0 Å². The number of unbranched alkanes of at least 4 members (excludes halogenated alkanes) is 12. The number of aromatic nitrogens is 2. The van der Waals surface area contributed by atoms with Gasteiger partial charge in [0, 0.05) is 33.3 Å². The maximum Gasteiger partial charge on any atom is 0.159 e. The summed E-state index contributed by atoms with van der Waals surface area (Å²) in [6, 6.07) is 12.7. The van der Waals surface area contributed by atoms with Crippen LogP contribution in [-0.2, 0) is 6.42 Å². The van der Waals surface area contributed by atoms with Gasteiger partial charge in [-0.15, -0.1) is 11.3 Å². The number of hydrogen-bond donors (Lipinski definition) is 0. The molecular weight excluding hydrogens is 460 g/mol. The monoisotopic (exact) mass is 506 g/mol. The third-order valence-electron chi connectivity index (χ3n) is 6.75. The number of benzene rings is 1. The standard InChI is InChI=1S/C32H46N2OS/c1-3-5-7-9-11-12-13-15-17-30-22-23-31(36-30)28-25-33-32(34-26-28)27-18-20-29(21-19-27)35-24-16-14-10-8-6-4-2/h18-23,25-26H,3-17,24H2,1-2H3. The molecule has 0 unspecified atom stereocenters. The molecule has 3 rings (SSSR count). The summed E-state index contributed by atoms with van der Waals surface area (Å²) in [7, 11) is 0. The van der Waals surface area contributed by atoms with E-state index in [0.29, 0.717) is 0 Å². The minimum absolute atomic E-state index is 0.761. The normalized spacial score (nSPS) is 11.2. The van der Waals surface area contributed by atoms with Crippen LogP contribution < -0.4 is 4.74 Å². The van der Waals surface area contributed by atoms with Crippen LogP contribution in [-0.4, -0.2) is 16.6 Å². The van der Waals surface area contributed by atoms with Crippen LogP contribution in [0.15, 0.2) is 48.8 Å². The average molecular weight is 507 g/mol. The average Bonchev–Trinajstić information content (AvgIpc) is 3.39. The van der Waals surface area contributed by atoms with E-state index in [0.717, 1.165) is 35.7 Å². The Balaban J connectivity index is 1.39. The first-order valence-electron chi connectivity index (χ1n) is 14.4. The van der Waals surface area contributed by atoms with Crippen molar-refractivity contribution in [3.05, 3.63) is 53.7 Å². The van der Waals surface area contributed by atoms with Gasteiger partial charge in [0.05, 0.1) is 6.61 Å². The van der Waals surface area contributed by atoms with E-state index in [4.69, 9.17) is 4.74 Å². The minimum atomic E-state index is 0.761. The fraction of sp³-hybridized carbons (Fsp3) is 0.562. The van der Waals surface area contributed by atoms with Crippen LogP contribution >= 0.6 is 11.3 Å². The van der Waals surface area contributed by atoms with Gasteiger partial charge in [0.25, 0.3) is 0 Å². The van der Waals surface area contributed by atoms with Crippen LogP contribution in [0.2, 0.25) is 0 Å². The Morgan fingerprint density at radius 3 is 1.83 bits per heavy atom. The summed E-state index contributed by atoms with van der Waals surface area (Å²) in [5.74, 6) is 1.68. The van der Waals surface area contributed by atoms with Crippen LogP contribution in [0.25, 0.3) is 21.8 Å². The number of thiophene rings is 1. The van der Waals surface area contributed by atoms with Crippen molar-refractivity contribution >= 4 is 11.3 Å². The van der Waals surface area contributed by atoms with Crippen LogP contribution in [0.5, 0.6) is 5.75 Å². The van der Waals surface area contributed by atoms with Crippen molar-refractivity contribution in [2.45, 2.75) is 110 Å². The third-order valence-corrected chi connectivity index (χ3v) is 7.95. The lowest BCUT2D eigenvalue weighted by Gasteiger charge is -2.07. The molecule has 36 heavy (non-hydrogen) atoms. The fourth-order valence-electron chi connectivity index (χ4n) is 4.48. The zero-order chi connectivity index (χ0) is 25.3. The molecule has 2 aromatic heterocycles. The predicted molar refractivity (Wildman–Crippen MR) is 156 cm³/mol. The molecule has 0 N–H and O–H groups in total. The summed E-state index contributed by atoms with van der Waals surface area (Å²) in [4.78, 5) is 12.0. The molecule has 0 radical (unpaired) electrons. The second-order valence-electron chi connectivity index (χ2n) is 9.93. The van der Waals surface area contributed by atoms with Gasteiger partial charge >= 0.3 is 0 Å². The Hall–Kier alpha value is -2.20. The summed E-state index contributed by atoms with van der Waals surface area (Å²) >= 11 is 1.88. The smallest absolute Gasteiger partial charge is 0.159 e. The molecule has 0 aliphatic carbocycles. The summed E-state index contributed by atoms with van der Waals surface area (Å²) in [6.45, 7) is 5.32. The van der Waals surface area contributed by atoms with Gasteiger partial charge in [0.2, 0.25) is 0 Å². The van der Waals surface area contributed by atoms with E-state index in [2.05, 4.69) is 48.1 Å². The largest absolute Gasteiger partial charge is 0.494 e. The summed E-state index contributed by atoms with van der Waals surface area (Å²) in [5, 5.41) is 0. The van der Waals surface area contributed by atoms with Gasteiger partial charge in [0.1, 0.15) is 5.75 Å². The highest BCUT2D eigenvalue weighted by Gasteiger charge is 2.07. The molecule has 4 heteroatoms. The van der Waals surface area contributed by atoms with Gasteiger partial charge in [-0.3, -0.25) is 0 Å². The van der Waals surface area contributed by atoms with Gasteiger partial charge in [-0.1, -0.05) is 90.9 Å². The lowest BCUT2D eigenvalue weighted by atomic mass is 10.1. The molecule has 1 aromatic carbocycles. The van der Waals surface area contributed by atoms with E-state index in [9.17, 15) is 0 Å². The Kier molecular flexibility index (Phi) is 13.6. The molecule has 2 heterocycles. The molecule has 3 nitrogen and oxygen atoms in total. The SMILES string of the molecule is CCCCCCCCCCc1ccc(-c2cnc(-c3ccc(OCCCCCCCC)cc3)nc2)s1. The van der Waals surface area contributed by atoms with Crippen molar-refractivity contribution in [2.75, 3.05) is 6.61 Å². The summed E-state index contributed by atoms with van der Waals surface area (Å²) in [5.41, 5.74) is 2.12. The Morgan fingerprint density at radius 2 is 1.19 bits per heavy atom. The van der Waals surface area contributed by atoms with E-state index in [1.807, 2.05) is 35.9 Å². The van der Waals surface area contributed by atoms with Crippen molar-refractivity contribution in [3.8, 4) is 27.6 Å². The lowest BCUT2D eigenvalue weighted by molar-refractivity contribution is 0.304. The maximum atomic E-state index is 5.90. The third kappa shape index (κ3) is 10.4. The number of rotatable bonds is 19. The fourth-order valence-corrected chi connectivity index (χ4v) is 5.50.